The van der Waals surface area contributed by atoms with Crippen LogP contribution >= 0.6 is 0 Å². The molecule has 0 saturated carbocycles. The molecule has 0 amide bonds. The van der Waals surface area contributed by atoms with Gasteiger partial charge in [-0.3, -0.25) is 9.69 Å². The Morgan fingerprint density at radius 1 is 1.30 bits per heavy atom. The van der Waals surface area contributed by atoms with E-state index in [-0.39, 0.29) is 5.56 Å². The number of likely N-dealkylation sites (N-methyl/N-ethyl adjacent to an activating group) is 1. The molecule has 5 nitrogen and oxygen atoms in total. The summed E-state index contributed by atoms with van der Waals surface area (Å²) in [7, 11) is 4.33. The van der Waals surface area contributed by atoms with Crippen LogP contribution in [0.2, 0.25) is 0 Å². The van der Waals surface area contributed by atoms with Crippen LogP contribution in [0.3, 0.4) is 0 Å². The van der Waals surface area contributed by atoms with Gasteiger partial charge in [-0.2, -0.15) is 0 Å². The lowest BCUT2D eigenvalue weighted by atomic mass is 10.0. The predicted octanol–water partition coefficient (Wildman–Crippen LogP) is 3.31. The molecule has 1 N–H and O–H groups in total. The molecule has 1 aliphatic rings. The number of aromatic amines is 1. The van der Waals surface area contributed by atoms with E-state index in [0.29, 0.717) is 11.9 Å². The minimum atomic E-state index is -0.0634. The SMILES string of the molecule is CCCCc1cc(=O)[nH]c(-c2ccccc2CN2CCCC(N(C)C)C2)n1. The summed E-state index contributed by atoms with van der Waals surface area (Å²) >= 11 is 0. The molecule has 0 aliphatic carbocycles. The number of unbranched alkanes of at least 4 members (excludes halogenated alkanes) is 1. The van der Waals surface area contributed by atoms with E-state index in [4.69, 9.17) is 4.98 Å². The maximum Gasteiger partial charge on any atom is 0.251 e. The molecule has 0 radical (unpaired) electrons. The Labute approximate surface area is 162 Å². The number of H-pyrrole nitrogens is 1. The summed E-state index contributed by atoms with van der Waals surface area (Å²) < 4.78 is 0. The van der Waals surface area contributed by atoms with Gasteiger partial charge in [0.2, 0.25) is 0 Å². The molecule has 3 rings (SSSR count). The van der Waals surface area contributed by atoms with Crippen molar-refractivity contribution in [2.24, 2.45) is 0 Å². The Morgan fingerprint density at radius 2 is 2.11 bits per heavy atom. The highest BCUT2D eigenvalue weighted by atomic mass is 16.1. The maximum absolute atomic E-state index is 12.2. The zero-order valence-corrected chi connectivity index (χ0v) is 16.9. The summed E-state index contributed by atoms with van der Waals surface area (Å²) in [6, 6.07) is 10.6. The molecule has 1 aliphatic heterocycles. The second-order valence-electron chi connectivity index (χ2n) is 7.84. The van der Waals surface area contributed by atoms with Crippen LogP contribution in [-0.2, 0) is 13.0 Å². The summed E-state index contributed by atoms with van der Waals surface area (Å²) in [5.74, 6) is 0.699. The Morgan fingerprint density at radius 3 is 2.89 bits per heavy atom. The molecule has 5 heteroatoms. The smallest absolute Gasteiger partial charge is 0.251 e. The van der Waals surface area contributed by atoms with Gasteiger partial charge in [0.1, 0.15) is 5.82 Å². The van der Waals surface area contributed by atoms with Crippen molar-refractivity contribution < 1.29 is 0 Å². The van der Waals surface area contributed by atoms with E-state index in [1.54, 1.807) is 6.07 Å². The van der Waals surface area contributed by atoms with Crippen LogP contribution in [0.1, 0.15) is 43.9 Å². The third-order valence-corrected chi connectivity index (χ3v) is 5.46. The number of hydrogen-bond acceptors (Lipinski definition) is 4. The highest BCUT2D eigenvalue weighted by molar-refractivity contribution is 5.60. The number of likely N-dealkylation sites (tertiary alicyclic amines) is 1. The Bertz CT molecular complexity index is 799. The van der Waals surface area contributed by atoms with Crippen LogP contribution in [0.5, 0.6) is 0 Å². The molecule has 0 spiro atoms. The van der Waals surface area contributed by atoms with Crippen LogP contribution < -0.4 is 5.56 Å². The second kappa shape index (κ2) is 9.29. The molecule has 146 valence electrons. The van der Waals surface area contributed by atoms with Crippen molar-refractivity contribution in [2.45, 2.75) is 51.6 Å². The number of aromatic nitrogens is 2. The Balaban J connectivity index is 1.84. The minimum absolute atomic E-state index is 0.0634. The number of hydrogen-bond donors (Lipinski definition) is 1. The van der Waals surface area contributed by atoms with E-state index in [1.807, 2.05) is 6.07 Å². The van der Waals surface area contributed by atoms with Crippen LogP contribution in [-0.4, -0.2) is 53.0 Å². The van der Waals surface area contributed by atoms with Gasteiger partial charge < -0.3 is 9.88 Å². The molecule has 1 aromatic carbocycles. The zero-order chi connectivity index (χ0) is 19.2. The summed E-state index contributed by atoms with van der Waals surface area (Å²) in [6.45, 7) is 5.26. The summed E-state index contributed by atoms with van der Waals surface area (Å²) in [4.78, 5) is 24.7. The van der Waals surface area contributed by atoms with Crippen LogP contribution in [0.4, 0.5) is 0 Å². The van der Waals surface area contributed by atoms with Gasteiger partial charge in [0.25, 0.3) is 5.56 Å². The highest BCUT2D eigenvalue weighted by Gasteiger charge is 2.22. The van der Waals surface area contributed by atoms with Crippen molar-refractivity contribution in [2.75, 3.05) is 27.2 Å². The molecule has 1 atom stereocenters. The minimum Gasteiger partial charge on any atom is -0.307 e. The first-order valence-corrected chi connectivity index (χ1v) is 10.1. The molecule has 1 fully saturated rings. The lowest BCUT2D eigenvalue weighted by molar-refractivity contribution is 0.128. The number of piperidine rings is 1. The molecule has 2 aromatic rings. The van der Waals surface area contributed by atoms with Gasteiger partial charge in [-0.25, -0.2) is 4.98 Å². The zero-order valence-electron chi connectivity index (χ0n) is 16.9. The lowest BCUT2D eigenvalue weighted by Gasteiger charge is -2.36. The molecular formula is C22H32N4O. The summed E-state index contributed by atoms with van der Waals surface area (Å²) in [6.07, 6.45) is 5.50. The topological polar surface area (TPSA) is 52.2 Å². The van der Waals surface area contributed by atoms with E-state index in [2.05, 4.69) is 54.0 Å². The first kappa shape index (κ1) is 19.8. The highest BCUT2D eigenvalue weighted by Crippen LogP contribution is 2.23. The molecule has 2 heterocycles. The van der Waals surface area contributed by atoms with Gasteiger partial charge in [0.15, 0.2) is 0 Å². The van der Waals surface area contributed by atoms with E-state index in [1.165, 1.54) is 18.4 Å². The van der Waals surface area contributed by atoms with E-state index < -0.39 is 0 Å². The first-order chi connectivity index (χ1) is 13.1. The molecule has 1 saturated heterocycles. The monoisotopic (exact) mass is 368 g/mol. The maximum atomic E-state index is 12.2. The van der Waals surface area contributed by atoms with Crippen LogP contribution in [0.25, 0.3) is 11.4 Å². The summed E-state index contributed by atoms with van der Waals surface area (Å²) in [5.41, 5.74) is 3.09. The number of benzene rings is 1. The van der Waals surface area contributed by atoms with Crippen LogP contribution in [0.15, 0.2) is 35.1 Å². The van der Waals surface area contributed by atoms with Gasteiger partial charge in [-0.15, -0.1) is 0 Å². The average molecular weight is 369 g/mol. The fraction of sp³-hybridized carbons (Fsp3) is 0.545. The number of rotatable bonds is 7. The molecule has 1 aromatic heterocycles. The van der Waals surface area contributed by atoms with E-state index in [0.717, 1.165) is 50.2 Å². The van der Waals surface area contributed by atoms with Crippen molar-refractivity contribution in [3.63, 3.8) is 0 Å². The number of nitrogens with zero attached hydrogens (tertiary/aromatic N) is 3. The van der Waals surface area contributed by atoms with Crippen molar-refractivity contribution in [1.82, 2.24) is 19.8 Å². The lowest BCUT2D eigenvalue weighted by Crippen LogP contribution is -2.44. The quantitative estimate of drug-likeness (QED) is 0.815. The van der Waals surface area contributed by atoms with Crippen molar-refractivity contribution in [3.8, 4) is 11.4 Å². The van der Waals surface area contributed by atoms with Gasteiger partial charge in [0, 0.05) is 36.5 Å². The average Bonchev–Trinajstić information content (AvgIpc) is 2.66. The van der Waals surface area contributed by atoms with E-state index >= 15 is 0 Å². The second-order valence-corrected chi connectivity index (χ2v) is 7.84. The fourth-order valence-corrected chi connectivity index (χ4v) is 3.85. The van der Waals surface area contributed by atoms with E-state index in [9.17, 15) is 4.79 Å². The fourth-order valence-electron chi connectivity index (χ4n) is 3.85. The molecule has 0 bridgehead atoms. The number of nitrogens with one attached hydrogen (secondary N) is 1. The van der Waals surface area contributed by atoms with Gasteiger partial charge >= 0.3 is 0 Å². The standard InChI is InChI=1S/C22H32N4O/c1-4-5-10-18-14-21(27)24-22(23-18)20-12-7-6-9-17(20)15-26-13-8-11-19(16-26)25(2)3/h6-7,9,12,14,19H,4-5,8,10-11,13,15-16H2,1-3H3,(H,23,24,27). The van der Waals surface area contributed by atoms with Gasteiger partial charge in [-0.1, -0.05) is 37.6 Å². The third-order valence-electron chi connectivity index (χ3n) is 5.46. The molecule has 27 heavy (non-hydrogen) atoms. The first-order valence-electron chi connectivity index (χ1n) is 10.1. The Hall–Kier alpha value is -1.98. The van der Waals surface area contributed by atoms with Crippen molar-refractivity contribution in [1.29, 1.82) is 0 Å². The largest absolute Gasteiger partial charge is 0.307 e. The van der Waals surface area contributed by atoms with Gasteiger partial charge in [-0.05, 0) is 51.9 Å². The van der Waals surface area contributed by atoms with Crippen molar-refractivity contribution in [3.05, 3.63) is 51.9 Å². The van der Waals surface area contributed by atoms with Crippen LogP contribution in [0, 0.1) is 0 Å². The van der Waals surface area contributed by atoms with Crippen molar-refractivity contribution >= 4 is 0 Å². The number of aryl methyl sites for hydroxylation is 1. The molecular weight excluding hydrogens is 336 g/mol. The third kappa shape index (κ3) is 5.27. The predicted molar refractivity (Wildman–Crippen MR) is 111 cm³/mol. The normalized spacial score (nSPS) is 18.1. The van der Waals surface area contributed by atoms with Gasteiger partial charge in [0.05, 0.1) is 0 Å². The Kier molecular flexibility index (Phi) is 6.80. The summed E-state index contributed by atoms with van der Waals surface area (Å²) in [5, 5.41) is 0. The molecule has 1 unspecified atom stereocenters.